The Hall–Kier alpha value is -2.66. The zero-order valence-corrected chi connectivity index (χ0v) is 19.4. The maximum absolute atomic E-state index is 12.5. The minimum Gasteiger partial charge on any atom is -0.497 e. The van der Waals surface area contributed by atoms with Gasteiger partial charge >= 0.3 is 0 Å². The van der Waals surface area contributed by atoms with E-state index in [1.54, 1.807) is 7.11 Å². The molecule has 1 aliphatic heterocycles. The van der Waals surface area contributed by atoms with Crippen molar-refractivity contribution in [2.75, 3.05) is 20.2 Å². The first-order valence-electron chi connectivity index (χ1n) is 12.0. The van der Waals surface area contributed by atoms with Crippen LogP contribution in [0.5, 0.6) is 5.75 Å². The number of methoxy groups -OCH3 is 1. The zero-order chi connectivity index (χ0) is 23.1. The Morgan fingerprint density at radius 3 is 1.85 bits per heavy atom. The van der Waals surface area contributed by atoms with Crippen molar-refractivity contribution in [3.63, 3.8) is 0 Å². The molecule has 4 nitrogen and oxygen atoms in total. The number of rotatable bonds is 9. The lowest BCUT2D eigenvalue weighted by atomic mass is 9.76. The van der Waals surface area contributed by atoms with E-state index < -0.39 is 11.7 Å². The van der Waals surface area contributed by atoms with Gasteiger partial charge in [-0.05, 0) is 67.6 Å². The summed E-state index contributed by atoms with van der Waals surface area (Å²) in [6.45, 7) is 1.93. The highest BCUT2D eigenvalue weighted by atomic mass is 16.5. The summed E-state index contributed by atoms with van der Waals surface area (Å²) < 4.78 is 5.25. The van der Waals surface area contributed by atoms with Gasteiger partial charge in [-0.3, -0.25) is 4.90 Å². The van der Waals surface area contributed by atoms with E-state index in [9.17, 15) is 10.2 Å². The van der Waals surface area contributed by atoms with Gasteiger partial charge in [0.15, 0.2) is 0 Å². The summed E-state index contributed by atoms with van der Waals surface area (Å²) in [6.07, 6.45) is 4.14. The van der Waals surface area contributed by atoms with E-state index in [-0.39, 0.29) is 6.04 Å². The lowest BCUT2D eigenvalue weighted by molar-refractivity contribution is -0.0367. The minimum atomic E-state index is -1.17. The van der Waals surface area contributed by atoms with Crippen LogP contribution < -0.4 is 4.74 Å². The number of hydrogen-bond donors (Lipinski definition) is 2. The molecule has 4 rings (SSSR count). The molecule has 0 amide bonds. The zero-order valence-electron chi connectivity index (χ0n) is 19.4. The second-order valence-corrected chi connectivity index (χ2v) is 8.98. The molecule has 2 unspecified atom stereocenters. The molecule has 1 saturated heterocycles. The van der Waals surface area contributed by atoms with Crippen LogP contribution in [-0.2, 0) is 5.60 Å². The maximum Gasteiger partial charge on any atom is 0.130 e. The average molecular weight is 446 g/mol. The molecule has 33 heavy (non-hydrogen) atoms. The number of ether oxygens (including phenoxy) is 1. The highest BCUT2D eigenvalue weighted by Gasteiger charge is 2.43. The van der Waals surface area contributed by atoms with Crippen LogP contribution >= 0.6 is 0 Å². The highest BCUT2D eigenvalue weighted by molar-refractivity contribution is 5.38. The van der Waals surface area contributed by atoms with Crippen molar-refractivity contribution < 1.29 is 14.9 Å². The number of aliphatic hydroxyl groups is 2. The van der Waals surface area contributed by atoms with Crippen molar-refractivity contribution in [3.8, 4) is 5.75 Å². The SMILES string of the molecule is COc1ccc(C(O)CCC(N2CCCCC2)C(O)(c2ccccc2)c2ccccc2)cc1. The topological polar surface area (TPSA) is 52.9 Å². The fourth-order valence-electron chi connectivity index (χ4n) is 5.13. The van der Waals surface area contributed by atoms with Gasteiger partial charge in [-0.2, -0.15) is 0 Å². The van der Waals surface area contributed by atoms with Crippen molar-refractivity contribution in [1.82, 2.24) is 4.90 Å². The van der Waals surface area contributed by atoms with Crippen LogP contribution in [0.25, 0.3) is 0 Å². The van der Waals surface area contributed by atoms with E-state index in [0.29, 0.717) is 12.8 Å². The average Bonchev–Trinajstić information content (AvgIpc) is 2.90. The van der Waals surface area contributed by atoms with Crippen molar-refractivity contribution >= 4 is 0 Å². The van der Waals surface area contributed by atoms with E-state index >= 15 is 0 Å². The van der Waals surface area contributed by atoms with Gasteiger partial charge in [0, 0.05) is 6.04 Å². The van der Waals surface area contributed by atoms with Crippen LogP contribution in [0.15, 0.2) is 84.9 Å². The van der Waals surface area contributed by atoms with Gasteiger partial charge in [-0.25, -0.2) is 0 Å². The first-order chi connectivity index (χ1) is 16.1. The van der Waals surface area contributed by atoms with Crippen LogP contribution in [-0.4, -0.2) is 41.4 Å². The molecule has 1 fully saturated rings. The Morgan fingerprint density at radius 1 is 0.788 bits per heavy atom. The van der Waals surface area contributed by atoms with Crippen LogP contribution in [0.1, 0.15) is 54.9 Å². The maximum atomic E-state index is 12.5. The quantitative estimate of drug-likeness (QED) is 0.469. The number of benzene rings is 3. The van der Waals surface area contributed by atoms with E-state index in [2.05, 4.69) is 4.90 Å². The molecule has 0 aliphatic carbocycles. The van der Waals surface area contributed by atoms with Crippen LogP contribution in [0.2, 0.25) is 0 Å². The summed E-state index contributed by atoms with van der Waals surface area (Å²) in [5, 5.41) is 23.5. The lowest BCUT2D eigenvalue weighted by Crippen LogP contribution is -2.53. The minimum absolute atomic E-state index is 0.143. The van der Waals surface area contributed by atoms with Gasteiger partial charge in [0.2, 0.25) is 0 Å². The van der Waals surface area contributed by atoms with Crippen LogP contribution in [0.3, 0.4) is 0 Å². The standard InChI is InChI=1S/C29H35NO3/c1-33-26-17-15-23(16-18-26)27(31)19-20-28(30-21-9-4-10-22-30)29(32,24-11-5-2-6-12-24)25-13-7-3-8-14-25/h2-3,5-8,11-18,27-28,31-32H,4,9-10,19-22H2,1H3. The number of hydrogen-bond acceptors (Lipinski definition) is 4. The van der Waals surface area contributed by atoms with Crippen LogP contribution in [0.4, 0.5) is 0 Å². The fourth-order valence-corrected chi connectivity index (χ4v) is 5.13. The second-order valence-electron chi connectivity index (χ2n) is 8.98. The molecule has 3 aromatic carbocycles. The molecule has 0 aromatic heterocycles. The van der Waals surface area contributed by atoms with Gasteiger partial charge < -0.3 is 14.9 Å². The monoisotopic (exact) mass is 445 g/mol. The third-order valence-electron chi connectivity index (χ3n) is 6.96. The molecule has 0 radical (unpaired) electrons. The van der Waals surface area contributed by atoms with Crippen molar-refractivity contribution in [1.29, 1.82) is 0 Å². The molecule has 0 spiro atoms. The van der Waals surface area contributed by atoms with Gasteiger partial charge in [-0.15, -0.1) is 0 Å². The summed E-state index contributed by atoms with van der Waals surface area (Å²) in [6, 6.07) is 27.4. The van der Waals surface area contributed by atoms with Gasteiger partial charge in [0.05, 0.1) is 13.2 Å². The first-order valence-corrected chi connectivity index (χ1v) is 12.0. The lowest BCUT2D eigenvalue weighted by Gasteiger charge is -2.45. The van der Waals surface area contributed by atoms with Gasteiger partial charge in [-0.1, -0.05) is 79.2 Å². The Morgan fingerprint density at radius 2 is 1.33 bits per heavy atom. The largest absolute Gasteiger partial charge is 0.497 e. The first kappa shape index (κ1) is 23.5. The highest BCUT2D eigenvalue weighted by Crippen LogP contribution is 2.39. The third kappa shape index (κ3) is 5.30. The molecule has 0 bridgehead atoms. The Balaban J connectivity index is 1.66. The summed E-state index contributed by atoms with van der Waals surface area (Å²) in [5.41, 5.74) is 1.49. The molecular formula is C29H35NO3. The van der Waals surface area contributed by atoms with Gasteiger partial charge in [0.1, 0.15) is 11.4 Å². The Labute approximate surface area is 197 Å². The Bertz CT molecular complexity index is 929. The summed E-state index contributed by atoms with van der Waals surface area (Å²) in [7, 11) is 1.64. The van der Waals surface area contributed by atoms with E-state index in [0.717, 1.165) is 48.4 Å². The molecule has 174 valence electrons. The molecule has 0 saturated carbocycles. The number of piperidine rings is 1. The van der Waals surface area contributed by atoms with Crippen molar-refractivity contribution in [3.05, 3.63) is 102 Å². The number of aliphatic hydroxyl groups excluding tert-OH is 1. The van der Waals surface area contributed by atoms with E-state index in [4.69, 9.17) is 4.74 Å². The van der Waals surface area contributed by atoms with Crippen LogP contribution in [0, 0.1) is 0 Å². The van der Waals surface area contributed by atoms with Crippen molar-refractivity contribution in [2.45, 2.75) is 49.9 Å². The van der Waals surface area contributed by atoms with E-state index in [1.165, 1.54) is 6.42 Å². The number of likely N-dealkylation sites (tertiary alicyclic amines) is 1. The molecule has 1 aliphatic rings. The fraction of sp³-hybridized carbons (Fsp3) is 0.379. The summed E-state index contributed by atoms with van der Waals surface area (Å²) in [4.78, 5) is 2.43. The molecule has 4 heteroatoms. The summed E-state index contributed by atoms with van der Waals surface area (Å²) in [5.74, 6) is 0.777. The Kier molecular flexibility index (Phi) is 7.81. The normalized spacial score (nSPS) is 16.8. The van der Waals surface area contributed by atoms with E-state index in [1.807, 2.05) is 84.9 Å². The molecule has 3 aromatic rings. The predicted molar refractivity (Wildman–Crippen MR) is 132 cm³/mol. The molecule has 2 N–H and O–H groups in total. The van der Waals surface area contributed by atoms with Gasteiger partial charge in [0.25, 0.3) is 0 Å². The number of nitrogens with zero attached hydrogens (tertiary/aromatic N) is 1. The molecule has 2 atom stereocenters. The third-order valence-corrected chi connectivity index (χ3v) is 6.96. The summed E-state index contributed by atoms with van der Waals surface area (Å²) >= 11 is 0. The second kappa shape index (κ2) is 11.0. The molecular weight excluding hydrogens is 410 g/mol. The predicted octanol–water partition coefficient (Wildman–Crippen LogP) is 5.30. The smallest absolute Gasteiger partial charge is 0.130 e. The van der Waals surface area contributed by atoms with Crippen molar-refractivity contribution in [2.24, 2.45) is 0 Å². The molecule has 1 heterocycles.